The lowest BCUT2D eigenvalue weighted by Crippen LogP contribution is -2.35. The number of rotatable bonds is 4. The van der Waals surface area contributed by atoms with E-state index in [1.165, 1.54) is 17.5 Å². The van der Waals surface area contributed by atoms with E-state index in [-0.39, 0.29) is 5.91 Å². The van der Waals surface area contributed by atoms with Gasteiger partial charge in [0.15, 0.2) is 0 Å². The van der Waals surface area contributed by atoms with E-state index in [9.17, 15) is 4.79 Å². The normalized spacial score (nSPS) is 16.8. The Bertz CT molecular complexity index is 744. The van der Waals surface area contributed by atoms with Gasteiger partial charge in [-0.05, 0) is 78.0 Å². The van der Waals surface area contributed by atoms with Gasteiger partial charge in [-0.2, -0.15) is 0 Å². The van der Waals surface area contributed by atoms with Crippen molar-refractivity contribution in [2.45, 2.75) is 32.2 Å². The van der Waals surface area contributed by atoms with Gasteiger partial charge in [-0.25, -0.2) is 0 Å². The summed E-state index contributed by atoms with van der Waals surface area (Å²) < 4.78 is 0.918. The Kier molecular flexibility index (Phi) is 5.36. The Morgan fingerprint density at radius 3 is 2.88 bits per heavy atom. The van der Waals surface area contributed by atoms with Crippen LogP contribution in [0.1, 0.15) is 35.6 Å². The smallest absolute Gasteiger partial charge is 0.238 e. The number of carbonyl (C=O) groups is 1. The largest absolute Gasteiger partial charge is 0.324 e. The fourth-order valence-electron chi connectivity index (χ4n) is 3.43. The zero-order chi connectivity index (χ0) is 17.1. The van der Waals surface area contributed by atoms with Crippen molar-refractivity contribution >= 4 is 27.5 Å². The summed E-state index contributed by atoms with van der Waals surface area (Å²) in [5.41, 5.74) is 4.77. The molecule has 1 N–H and O–H groups in total. The molecule has 126 valence electrons. The number of aryl methyl sites for hydroxylation is 2. The SMILES string of the molecule is Cc1ccc(NC(=O)CN(C)[C@H]2CCCc3ccccc32)c(Br)c1. The fraction of sp³-hybridized carbons (Fsp3) is 0.350. The fourth-order valence-corrected chi connectivity index (χ4v) is 4.03. The van der Waals surface area contributed by atoms with Crippen LogP contribution in [0.5, 0.6) is 0 Å². The summed E-state index contributed by atoms with van der Waals surface area (Å²) >= 11 is 3.51. The van der Waals surface area contributed by atoms with Gasteiger partial charge in [0.1, 0.15) is 0 Å². The molecule has 0 heterocycles. The zero-order valence-electron chi connectivity index (χ0n) is 14.2. The molecule has 2 aromatic carbocycles. The monoisotopic (exact) mass is 386 g/mol. The third kappa shape index (κ3) is 3.87. The van der Waals surface area contributed by atoms with E-state index in [4.69, 9.17) is 0 Å². The summed E-state index contributed by atoms with van der Waals surface area (Å²) in [6.07, 6.45) is 3.43. The van der Waals surface area contributed by atoms with Gasteiger partial charge in [-0.1, -0.05) is 30.3 Å². The van der Waals surface area contributed by atoms with Crippen LogP contribution in [-0.4, -0.2) is 24.4 Å². The molecule has 1 amide bonds. The van der Waals surface area contributed by atoms with Crippen LogP contribution >= 0.6 is 15.9 Å². The molecule has 0 radical (unpaired) electrons. The van der Waals surface area contributed by atoms with Crippen molar-refractivity contribution in [2.24, 2.45) is 0 Å². The predicted molar refractivity (Wildman–Crippen MR) is 102 cm³/mol. The van der Waals surface area contributed by atoms with Crippen molar-refractivity contribution in [3.05, 3.63) is 63.6 Å². The summed E-state index contributed by atoms with van der Waals surface area (Å²) in [5, 5.41) is 3.00. The van der Waals surface area contributed by atoms with Crippen LogP contribution in [0.2, 0.25) is 0 Å². The van der Waals surface area contributed by atoms with Crippen LogP contribution in [0.15, 0.2) is 46.9 Å². The molecule has 2 aromatic rings. The summed E-state index contributed by atoms with van der Waals surface area (Å²) in [4.78, 5) is 14.6. The Morgan fingerprint density at radius 1 is 1.29 bits per heavy atom. The molecule has 1 atom stereocenters. The van der Waals surface area contributed by atoms with Crippen molar-refractivity contribution < 1.29 is 4.79 Å². The molecule has 0 saturated heterocycles. The highest BCUT2D eigenvalue weighted by atomic mass is 79.9. The summed E-state index contributed by atoms with van der Waals surface area (Å²) in [6.45, 7) is 2.42. The van der Waals surface area contributed by atoms with Crippen molar-refractivity contribution in [2.75, 3.05) is 18.9 Å². The second-order valence-corrected chi connectivity index (χ2v) is 7.41. The molecule has 4 heteroatoms. The molecule has 0 unspecified atom stereocenters. The van der Waals surface area contributed by atoms with Crippen LogP contribution in [0.25, 0.3) is 0 Å². The minimum absolute atomic E-state index is 0.0186. The van der Waals surface area contributed by atoms with E-state index in [0.29, 0.717) is 12.6 Å². The van der Waals surface area contributed by atoms with Crippen molar-refractivity contribution in [1.29, 1.82) is 0 Å². The molecule has 0 aliphatic heterocycles. The third-order valence-electron chi connectivity index (χ3n) is 4.66. The summed E-state index contributed by atoms with van der Waals surface area (Å²) in [6, 6.07) is 14.9. The third-order valence-corrected chi connectivity index (χ3v) is 5.32. The second kappa shape index (κ2) is 7.49. The number of fused-ring (bicyclic) bond motifs is 1. The predicted octanol–water partition coefficient (Wildman–Crippen LogP) is 4.71. The van der Waals surface area contributed by atoms with Gasteiger partial charge in [0.2, 0.25) is 5.91 Å². The minimum Gasteiger partial charge on any atom is -0.324 e. The van der Waals surface area contributed by atoms with E-state index in [0.717, 1.165) is 28.6 Å². The summed E-state index contributed by atoms with van der Waals surface area (Å²) in [7, 11) is 2.04. The van der Waals surface area contributed by atoms with Crippen molar-refractivity contribution in [3.8, 4) is 0 Å². The van der Waals surface area contributed by atoms with Crippen LogP contribution in [-0.2, 0) is 11.2 Å². The first kappa shape index (κ1) is 17.2. The Morgan fingerprint density at radius 2 is 2.08 bits per heavy atom. The minimum atomic E-state index is 0.0186. The van der Waals surface area contributed by atoms with Crippen LogP contribution in [0.3, 0.4) is 0 Å². The molecule has 1 aliphatic rings. The highest BCUT2D eigenvalue weighted by molar-refractivity contribution is 9.10. The molecule has 0 fully saturated rings. The molecule has 0 saturated carbocycles. The number of likely N-dealkylation sites (N-methyl/N-ethyl adjacent to an activating group) is 1. The highest BCUT2D eigenvalue weighted by Gasteiger charge is 2.24. The number of nitrogens with one attached hydrogen (secondary N) is 1. The lowest BCUT2D eigenvalue weighted by Gasteiger charge is -2.32. The maximum atomic E-state index is 12.4. The Hall–Kier alpha value is -1.65. The molecule has 3 nitrogen and oxygen atoms in total. The first-order chi connectivity index (χ1) is 11.5. The van der Waals surface area contributed by atoms with E-state index in [1.807, 2.05) is 32.2 Å². The average molecular weight is 387 g/mol. The number of halogens is 1. The van der Waals surface area contributed by atoms with E-state index in [2.05, 4.69) is 50.4 Å². The van der Waals surface area contributed by atoms with E-state index < -0.39 is 0 Å². The van der Waals surface area contributed by atoms with E-state index in [1.54, 1.807) is 0 Å². The molecular weight excluding hydrogens is 364 g/mol. The van der Waals surface area contributed by atoms with Gasteiger partial charge in [0.25, 0.3) is 0 Å². The number of anilines is 1. The number of amides is 1. The quantitative estimate of drug-likeness (QED) is 0.825. The Balaban J connectivity index is 1.67. The number of hydrogen-bond donors (Lipinski definition) is 1. The molecule has 24 heavy (non-hydrogen) atoms. The lowest BCUT2D eigenvalue weighted by atomic mass is 9.87. The molecule has 0 aromatic heterocycles. The first-order valence-electron chi connectivity index (χ1n) is 8.38. The van der Waals surface area contributed by atoms with Crippen LogP contribution in [0, 0.1) is 6.92 Å². The first-order valence-corrected chi connectivity index (χ1v) is 9.18. The standard InChI is InChI=1S/C20H23BrN2O/c1-14-10-11-18(17(21)12-14)22-20(24)13-23(2)19-9-5-7-15-6-3-4-8-16(15)19/h3-4,6,8,10-12,19H,5,7,9,13H2,1-2H3,(H,22,24)/t19-/m0/s1. The average Bonchev–Trinajstić information content (AvgIpc) is 2.57. The number of benzene rings is 2. The summed E-state index contributed by atoms with van der Waals surface area (Å²) in [5.74, 6) is 0.0186. The number of nitrogens with zero attached hydrogens (tertiary/aromatic N) is 1. The maximum Gasteiger partial charge on any atom is 0.238 e. The van der Waals surface area contributed by atoms with Gasteiger partial charge >= 0.3 is 0 Å². The molecule has 3 rings (SSSR count). The van der Waals surface area contributed by atoms with Crippen molar-refractivity contribution in [1.82, 2.24) is 4.90 Å². The number of carbonyl (C=O) groups excluding carboxylic acids is 1. The van der Waals surface area contributed by atoms with Gasteiger partial charge in [-0.15, -0.1) is 0 Å². The second-order valence-electron chi connectivity index (χ2n) is 6.55. The Labute approximate surface area is 152 Å². The van der Waals surface area contributed by atoms with E-state index >= 15 is 0 Å². The van der Waals surface area contributed by atoms with Gasteiger partial charge < -0.3 is 5.32 Å². The van der Waals surface area contributed by atoms with Crippen LogP contribution in [0.4, 0.5) is 5.69 Å². The highest BCUT2D eigenvalue weighted by Crippen LogP contribution is 2.33. The van der Waals surface area contributed by atoms with Crippen molar-refractivity contribution in [3.63, 3.8) is 0 Å². The molecule has 1 aliphatic carbocycles. The zero-order valence-corrected chi connectivity index (χ0v) is 15.8. The van der Waals surface area contributed by atoms with Gasteiger partial charge in [-0.3, -0.25) is 9.69 Å². The molecule has 0 bridgehead atoms. The molecule has 0 spiro atoms. The van der Waals surface area contributed by atoms with Crippen LogP contribution < -0.4 is 5.32 Å². The molecular formula is C20H23BrN2O. The maximum absolute atomic E-state index is 12.4. The van der Waals surface area contributed by atoms with Gasteiger partial charge in [0.05, 0.1) is 12.2 Å². The topological polar surface area (TPSA) is 32.3 Å². The number of hydrogen-bond acceptors (Lipinski definition) is 2. The lowest BCUT2D eigenvalue weighted by molar-refractivity contribution is -0.117. The van der Waals surface area contributed by atoms with Gasteiger partial charge in [0, 0.05) is 10.5 Å².